The largest absolute Gasteiger partial charge is 0.283 e. The van der Waals surface area contributed by atoms with Crippen LogP contribution in [0.2, 0.25) is 19.6 Å². The van der Waals surface area contributed by atoms with Crippen LogP contribution in [0.4, 0.5) is 0 Å². The van der Waals surface area contributed by atoms with E-state index >= 15 is 0 Å². The Morgan fingerprint density at radius 3 is 2.27 bits per heavy atom. The fourth-order valence-corrected chi connectivity index (χ4v) is 1.61. The molecule has 3 heteroatoms. The molecule has 0 spiro atoms. The summed E-state index contributed by atoms with van der Waals surface area (Å²) in [6.45, 7) is 10.6. The van der Waals surface area contributed by atoms with E-state index in [0.717, 1.165) is 0 Å². The molecule has 15 heavy (non-hydrogen) atoms. The maximum absolute atomic E-state index is 10.9. The van der Waals surface area contributed by atoms with E-state index in [1.165, 1.54) is 0 Å². The molecule has 0 saturated carbocycles. The van der Waals surface area contributed by atoms with Gasteiger partial charge in [0.05, 0.1) is 0 Å². The lowest BCUT2D eigenvalue weighted by Crippen LogP contribution is -2.19. The van der Waals surface area contributed by atoms with Crippen LogP contribution in [0, 0.1) is 28.2 Å². The summed E-state index contributed by atoms with van der Waals surface area (Å²) in [6.07, 6.45) is 0.973. The Morgan fingerprint density at radius 1 is 1.33 bits per heavy atom. The highest BCUT2D eigenvalue weighted by Gasteiger charge is 2.17. The van der Waals surface area contributed by atoms with Crippen molar-refractivity contribution >= 4 is 13.9 Å². The maximum Gasteiger partial charge on any atom is 0.231 e. The number of carbonyl (C=O) groups excluding carboxylic acids is 1. The fraction of sp³-hybridized carbons (Fsp3) is 0.667. The van der Waals surface area contributed by atoms with Gasteiger partial charge in [-0.15, -0.1) is 11.5 Å². The molecule has 0 aliphatic rings. The predicted octanol–water partition coefficient (Wildman–Crippen LogP) is 2.77. The van der Waals surface area contributed by atoms with Gasteiger partial charge in [-0.1, -0.05) is 19.6 Å². The second-order valence-corrected chi connectivity index (χ2v) is 10.2. The molecule has 0 rings (SSSR count). The van der Waals surface area contributed by atoms with Crippen molar-refractivity contribution in [3.63, 3.8) is 0 Å². The SMILES string of the molecule is CC(C)(C#C[Si](C)(C)C)CCC(=O)C#N. The minimum Gasteiger partial charge on any atom is -0.283 e. The van der Waals surface area contributed by atoms with Gasteiger partial charge in [-0.25, -0.2) is 0 Å². The molecule has 0 aliphatic carbocycles. The van der Waals surface area contributed by atoms with E-state index < -0.39 is 8.07 Å². The third-order valence-electron chi connectivity index (χ3n) is 1.88. The minimum atomic E-state index is -1.34. The summed E-state index contributed by atoms with van der Waals surface area (Å²) in [5.41, 5.74) is 3.14. The fourth-order valence-electron chi connectivity index (χ4n) is 0.901. The Hall–Kier alpha value is -1.06. The molecule has 0 amide bonds. The third kappa shape index (κ3) is 7.97. The number of nitriles is 1. The highest BCUT2D eigenvalue weighted by molar-refractivity contribution is 6.83. The standard InChI is InChI=1S/C12H19NOSi/c1-12(2,7-6-11(14)10-13)8-9-15(3,4)5/h6-7H2,1-5H3. The molecule has 0 aromatic rings. The van der Waals surface area contributed by atoms with Gasteiger partial charge in [0, 0.05) is 11.8 Å². The first kappa shape index (κ1) is 13.9. The summed E-state index contributed by atoms with van der Waals surface area (Å²) in [5, 5.41) is 8.36. The summed E-state index contributed by atoms with van der Waals surface area (Å²) >= 11 is 0. The molecular weight excluding hydrogens is 202 g/mol. The van der Waals surface area contributed by atoms with Crippen LogP contribution in [0.25, 0.3) is 0 Å². The monoisotopic (exact) mass is 221 g/mol. The smallest absolute Gasteiger partial charge is 0.231 e. The Kier molecular flexibility index (Phi) is 4.78. The Bertz CT molecular complexity index is 333. The van der Waals surface area contributed by atoms with Crippen LogP contribution in [0.3, 0.4) is 0 Å². The Morgan fingerprint density at radius 2 is 1.87 bits per heavy atom. The van der Waals surface area contributed by atoms with Crippen molar-refractivity contribution in [2.75, 3.05) is 0 Å². The summed E-state index contributed by atoms with van der Waals surface area (Å²) in [4.78, 5) is 10.9. The lowest BCUT2D eigenvalue weighted by atomic mass is 9.88. The van der Waals surface area contributed by atoms with E-state index in [4.69, 9.17) is 5.26 Å². The van der Waals surface area contributed by atoms with Gasteiger partial charge in [0.25, 0.3) is 0 Å². The molecular formula is C12H19NOSi. The summed E-state index contributed by atoms with van der Waals surface area (Å²) in [5.74, 6) is 2.88. The van der Waals surface area contributed by atoms with Gasteiger partial charge < -0.3 is 0 Å². The van der Waals surface area contributed by atoms with Crippen LogP contribution in [-0.2, 0) is 4.79 Å². The summed E-state index contributed by atoms with van der Waals surface area (Å²) in [6, 6.07) is 1.63. The number of hydrogen-bond acceptors (Lipinski definition) is 2. The number of hydrogen-bond donors (Lipinski definition) is 0. The van der Waals surface area contributed by atoms with Gasteiger partial charge in [0.2, 0.25) is 5.78 Å². The molecule has 0 saturated heterocycles. The third-order valence-corrected chi connectivity index (χ3v) is 2.75. The van der Waals surface area contributed by atoms with Crippen LogP contribution in [0.15, 0.2) is 0 Å². The second-order valence-electron chi connectivity index (χ2n) is 5.42. The zero-order valence-electron chi connectivity index (χ0n) is 10.3. The van der Waals surface area contributed by atoms with E-state index in [0.29, 0.717) is 12.8 Å². The molecule has 0 bridgehead atoms. The number of ketones is 1. The first-order chi connectivity index (χ1) is 6.66. The molecule has 2 nitrogen and oxygen atoms in total. The first-order valence-electron chi connectivity index (χ1n) is 5.13. The van der Waals surface area contributed by atoms with Crippen molar-refractivity contribution in [3.8, 4) is 17.5 Å². The topological polar surface area (TPSA) is 40.9 Å². The Balaban J connectivity index is 4.37. The highest BCUT2D eigenvalue weighted by atomic mass is 28.3. The van der Waals surface area contributed by atoms with E-state index in [-0.39, 0.29) is 11.2 Å². The first-order valence-corrected chi connectivity index (χ1v) is 8.63. The van der Waals surface area contributed by atoms with Gasteiger partial charge in [0.15, 0.2) is 0 Å². The molecule has 0 heterocycles. The summed E-state index contributed by atoms with van der Waals surface area (Å²) < 4.78 is 0. The maximum atomic E-state index is 10.9. The summed E-state index contributed by atoms with van der Waals surface area (Å²) in [7, 11) is -1.34. The Labute approximate surface area is 93.7 Å². The van der Waals surface area contributed by atoms with Crippen LogP contribution in [0.1, 0.15) is 26.7 Å². The predicted molar refractivity (Wildman–Crippen MR) is 64.8 cm³/mol. The van der Waals surface area contributed by atoms with Gasteiger partial charge >= 0.3 is 0 Å². The number of carbonyl (C=O) groups is 1. The van der Waals surface area contributed by atoms with E-state index in [1.54, 1.807) is 6.07 Å². The molecule has 0 unspecified atom stereocenters. The number of nitrogens with zero attached hydrogens (tertiary/aromatic N) is 1. The second kappa shape index (κ2) is 5.14. The molecule has 0 aliphatic heterocycles. The normalized spacial score (nSPS) is 11.2. The van der Waals surface area contributed by atoms with Gasteiger partial charge in [-0.2, -0.15) is 5.26 Å². The van der Waals surface area contributed by atoms with Gasteiger partial charge in [-0.3, -0.25) is 4.79 Å². The van der Waals surface area contributed by atoms with Crippen LogP contribution < -0.4 is 0 Å². The van der Waals surface area contributed by atoms with Crippen molar-refractivity contribution in [2.24, 2.45) is 5.41 Å². The molecule has 0 radical (unpaired) electrons. The number of rotatable bonds is 3. The van der Waals surface area contributed by atoms with Crippen molar-refractivity contribution in [3.05, 3.63) is 0 Å². The quantitative estimate of drug-likeness (QED) is 0.418. The van der Waals surface area contributed by atoms with Crippen LogP contribution in [-0.4, -0.2) is 13.9 Å². The average molecular weight is 221 g/mol. The van der Waals surface area contributed by atoms with Gasteiger partial charge in [-0.05, 0) is 20.3 Å². The molecule has 0 aromatic carbocycles. The zero-order chi connectivity index (χ0) is 12.1. The molecule has 0 aromatic heterocycles. The van der Waals surface area contributed by atoms with Crippen molar-refractivity contribution in [2.45, 2.75) is 46.3 Å². The van der Waals surface area contributed by atoms with Crippen molar-refractivity contribution in [1.82, 2.24) is 0 Å². The van der Waals surface area contributed by atoms with E-state index in [9.17, 15) is 4.79 Å². The minimum absolute atomic E-state index is 0.160. The van der Waals surface area contributed by atoms with Crippen molar-refractivity contribution in [1.29, 1.82) is 5.26 Å². The number of Topliss-reactive ketones (excluding diaryl/α,β-unsaturated/α-hetero) is 1. The zero-order valence-corrected chi connectivity index (χ0v) is 11.3. The highest BCUT2D eigenvalue weighted by Crippen LogP contribution is 2.21. The molecule has 0 N–H and O–H groups in total. The van der Waals surface area contributed by atoms with Crippen molar-refractivity contribution < 1.29 is 4.79 Å². The van der Waals surface area contributed by atoms with E-state index in [2.05, 4.69) is 31.1 Å². The lowest BCUT2D eigenvalue weighted by molar-refractivity contribution is -0.114. The molecule has 0 atom stereocenters. The van der Waals surface area contributed by atoms with E-state index in [1.807, 2.05) is 13.8 Å². The average Bonchev–Trinajstić information content (AvgIpc) is 2.10. The van der Waals surface area contributed by atoms with Gasteiger partial charge in [0.1, 0.15) is 14.1 Å². The van der Waals surface area contributed by atoms with Crippen LogP contribution >= 0.6 is 0 Å². The lowest BCUT2D eigenvalue weighted by Gasteiger charge is -2.17. The molecule has 0 fully saturated rings. The molecule has 82 valence electrons. The van der Waals surface area contributed by atoms with Crippen LogP contribution in [0.5, 0.6) is 0 Å².